The number of benzene rings is 1. The van der Waals surface area contributed by atoms with E-state index in [4.69, 9.17) is 5.11 Å². The van der Waals surface area contributed by atoms with Gasteiger partial charge < -0.3 is 10.4 Å². The third-order valence-electron chi connectivity index (χ3n) is 2.95. The Hall–Kier alpha value is -2.43. The number of rotatable bonds is 6. The van der Waals surface area contributed by atoms with Crippen molar-refractivity contribution in [3.63, 3.8) is 0 Å². The zero-order valence-corrected chi connectivity index (χ0v) is 11.0. The number of nitrogens with one attached hydrogen (secondary N) is 1. The molecule has 0 fully saturated rings. The van der Waals surface area contributed by atoms with E-state index in [0.717, 1.165) is 10.9 Å². The number of carbonyl (C=O) groups excluding carboxylic acids is 1. The summed E-state index contributed by atoms with van der Waals surface area (Å²) in [5.74, 6) is -0.947. The van der Waals surface area contributed by atoms with Crippen LogP contribution in [-0.4, -0.2) is 22.0 Å². The lowest BCUT2D eigenvalue weighted by atomic mass is 10.1. The van der Waals surface area contributed by atoms with Gasteiger partial charge in [0.15, 0.2) is 0 Å². The second-order valence-electron chi connectivity index (χ2n) is 4.53. The summed E-state index contributed by atoms with van der Waals surface area (Å²) in [5.41, 5.74) is 1.44. The topological polar surface area (TPSA) is 79.3 Å². The molecule has 5 nitrogen and oxygen atoms in total. The van der Waals surface area contributed by atoms with Gasteiger partial charge in [-0.25, -0.2) is 0 Å². The molecule has 2 rings (SSSR count). The minimum absolute atomic E-state index is 0.100. The van der Waals surface area contributed by atoms with Crippen molar-refractivity contribution in [2.24, 2.45) is 0 Å². The Balaban J connectivity index is 1.94. The summed E-state index contributed by atoms with van der Waals surface area (Å²) in [4.78, 5) is 26.4. The second-order valence-corrected chi connectivity index (χ2v) is 4.53. The van der Waals surface area contributed by atoms with Crippen LogP contribution in [0.15, 0.2) is 36.5 Å². The summed E-state index contributed by atoms with van der Waals surface area (Å²) in [5, 5.41) is 12.3. The number of pyridine rings is 1. The lowest BCUT2D eigenvalue weighted by molar-refractivity contribution is -0.137. The zero-order chi connectivity index (χ0) is 14.4. The first-order chi connectivity index (χ1) is 9.66. The van der Waals surface area contributed by atoms with Crippen molar-refractivity contribution in [3.05, 3.63) is 36.5 Å². The van der Waals surface area contributed by atoms with Gasteiger partial charge >= 0.3 is 5.97 Å². The van der Waals surface area contributed by atoms with E-state index in [2.05, 4.69) is 10.3 Å². The molecule has 0 atom stereocenters. The highest BCUT2D eigenvalue weighted by atomic mass is 16.4. The van der Waals surface area contributed by atoms with Crippen LogP contribution in [0.4, 0.5) is 5.69 Å². The first-order valence-corrected chi connectivity index (χ1v) is 6.52. The highest BCUT2D eigenvalue weighted by molar-refractivity contribution is 6.00. The number of hydrogen-bond acceptors (Lipinski definition) is 3. The maximum Gasteiger partial charge on any atom is 0.303 e. The standard InChI is InChI=1S/C15H16N2O3/c18-13(8-1-2-9-14(19)20)17-12-7-3-5-11-6-4-10-16-15(11)12/h3-7,10H,1-2,8-9H2,(H,17,18)(H,19,20). The number of carboxylic acid groups (broad SMARTS) is 1. The Morgan fingerprint density at radius 2 is 1.85 bits per heavy atom. The van der Waals surface area contributed by atoms with Gasteiger partial charge in [0.2, 0.25) is 5.91 Å². The Labute approximate surface area is 116 Å². The molecule has 0 saturated heterocycles. The number of carbonyl (C=O) groups is 2. The summed E-state index contributed by atoms with van der Waals surface area (Å²) in [6, 6.07) is 9.39. The maximum atomic E-state index is 11.8. The van der Waals surface area contributed by atoms with Crippen molar-refractivity contribution in [1.29, 1.82) is 0 Å². The van der Waals surface area contributed by atoms with E-state index in [1.165, 1.54) is 0 Å². The normalized spacial score (nSPS) is 10.4. The zero-order valence-electron chi connectivity index (χ0n) is 11.0. The first kappa shape index (κ1) is 14.0. The van der Waals surface area contributed by atoms with Crippen molar-refractivity contribution in [1.82, 2.24) is 4.98 Å². The number of fused-ring (bicyclic) bond motifs is 1. The molecule has 1 amide bonds. The number of carboxylic acids is 1. The molecule has 2 N–H and O–H groups in total. The van der Waals surface area contributed by atoms with Crippen LogP contribution in [0.2, 0.25) is 0 Å². The monoisotopic (exact) mass is 272 g/mol. The van der Waals surface area contributed by atoms with E-state index in [1.54, 1.807) is 6.20 Å². The fourth-order valence-corrected chi connectivity index (χ4v) is 1.98. The van der Waals surface area contributed by atoms with Gasteiger partial charge in [0.1, 0.15) is 0 Å². The fourth-order valence-electron chi connectivity index (χ4n) is 1.98. The highest BCUT2D eigenvalue weighted by Crippen LogP contribution is 2.20. The van der Waals surface area contributed by atoms with Crippen LogP contribution >= 0.6 is 0 Å². The van der Waals surface area contributed by atoms with E-state index in [1.807, 2.05) is 30.3 Å². The van der Waals surface area contributed by atoms with Gasteiger partial charge in [0.05, 0.1) is 11.2 Å². The number of hydrogen-bond donors (Lipinski definition) is 2. The van der Waals surface area contributed by atoms with Crippen molar-refractivity contribution in [2.45, 2.75) is 25.7 Å². The quantitative estimate of drug-likeness (QED) is 0.792. The molecular weight excluding hydrogens is 256 g/mol. The molecular formula is C15H16N2O3. The molecule has 0 unspecified atom stereocenters. The van der Waals surface area contributed by atoms with E-state index >= 15 is 0 Å². The van der Waals surface area contributed by atoms with E-state index in [0.29, 0.717) is 24.9 Å². The van der Waals surface area contributed by atoms with Crippen molar-refractivity contribution in [3.8, 4) is 0 Å². The molecule has 0 aliphatic carbocycles. The molecule has 1 heterocycles. The predicted octanol–water partition coefficient (Wildman–Crippen LogP) is 2.82. The average Bonchev–Trinajstić information content (AvgIpc) is 2.44. The van der Waals surface area contributed by atoms with Crippen molar-refractivity contribution < 1.29 is 14.7 Å². The Morgan fingerprint density at radius 3 is 2.65 bits per heavy atom. The van der Waals surface area contributed by atoms with Crippen LogP contribution in [0, 0.1) is 0 Å². The predicted molar refractivity (Wildman–Crippen MR) is 76.5 cm³/mol. The largest absolute Gasteiger partial charge is 0.481 e. The van der Waals surface area contributed by atoms with Crippen LogP contribution in [0.25, 0.3) is 10.9 Å². The van der Waals surface area contributed by atoms with E-state index in [9.17, 15) is 9.59 Å². The molecule has 1 aromatic carbocycles. The lowest BCUT2D eigenvalue weighted by Gasteiger charge is -2.07. The number of anilines is 1. The number of para-hydroxylation sites is 1. The number of amides is 1. The van der Waals surface area contributed by atoms with Crippen LogP contribution in [0.5, 0.6) is 0 Å². The third kappa shape index (κ3) is 3.78. The van der Waals surface area contributed by atoms with E-state index in [-0.39, 0.29) is 12.3 Å². The third-order valence-corrected chi connectivity index (χ3v) is 2.95. The number of nitrogens with zero attached hydrogens (tertiary/aromatic N) is 1. The summed E-state index contributed by atoms with van der Waals surface area (Å²) < 4.78 is 0. The smallest absolute Gasteiger partial charge is 0.303 e. The van der Waals surface area contributed by atoms with Crippen molar-refractivity contribution in [2.75, 3.05) is 5.32 Å². The number of aliphatic carboxylic acids is 1. The van der Waals surface area contributed by atoms with Crippen LogP contribution in [0.1, 0.15) is 25.7 Å². The van der Waals surface area contributed by atoms with Gasteiger partial charge in [-0.3, -0.25) is 14.6 Å². The molecule has 0 radical (unpaired) electrons. The number of aromatic nitrogens is 1. The van der Waals surface area contributed by atoms with Gasteiger partial charge in [0, 0.05) is 24.4 Å². The first-order valence-electron chi connectivity index (χ1n) is 6.52. The van der Waals surface area contributed by atoms with Crippen LogP contribution < -0.4 is 5.32 Å². The minimum Gasteiger partial charge on any atom is -0.481 e. The molecule has 5 heteroatoms. The van der Waals surface area contributed by atoms with Gasteiger partial charge in [-0.05, 0) is 25.0 Å². The van der Waals surface area contributed by atoms with Gasteiger partial charge in [-0.15, -0.1) is 0 Å². The average molecular weight is 272 g/mol. The molecule has 0 saturated carbocycles. The maximum absolute atomic E-state index is 11.8. The summed E-state index contributed by atoms with van der Waals surface area (Å²) >= 11 is 0. The highest BCUT2D eigenvalue weighted by Gasteiger charge is 2.06. The van der Waals surface area contributed by atoms with E-state index < -0.39 is 5.97 Å². The van der Waals surface area contributed by atoms with Crippen LogP contribution in [0.3, 0.4) is 0 Å². The second kappa shape index (κ2) is 6.65. The van der Waals surface area contributed by atoms with Gasteiger partial charge in [-0.2, -0.15) is 0 Å². The molecule has 0 spiro atoms. The molecule has 0 aliphatic rings. The number of unbranched alkanes of at least 4 members (excludes halogenated alkanes) is 1. The molecule has 2 aromatic rings. The Kier molecular flexibility index (Phi) is 4.65. The summed E-state index contributed by atoms with van der Waals surface area (Å²) in [6.45, 7) is 0. The van der Waals surface area contributed by atoms with Gasteiger partial charge in [-0.1, -0.05) is 18.2 Å². The Bertz CT molecular complexity index is 620. The molecule has 1 aromatic heterocycles. The lowest BCUT2D eigenvalue weighted by Crippen LogP contribution is -2.11. The molecule has 0 aliphatic heterocycles. The SMILES string of the molecule is O=C(O)CCCCC(=O)Nc1cccc2cccnc12. The van der Waals surface area contributed by atoms with Gasteiger partial charge in [0.25, 0.3) is 0 Å². The van der Waals surface area contributed by atoms with Crippen molar-refractivity contribution >= 4 is 28.5 Å². The summed E-state index contributed by atoms with van der Waals surface area (Å²) in [6.07, 6.45) is 3.18. The van der Waals surface area contributed by atoms with Crippen LogP contribution in [-0.2, 0) is 9.59 Å². The molecule has 20 heavy (non-hydrogen) atoms. The minimum atomic E-state index is -0.830. The Morgan fingerprint density at radius 1 is 1.10 bits per heavy atom. The molecule has 0 bridgehead atoms. The fraction of sp³-hybridized carbons (Fsp3) is 0.267. The summed E-state index contributed by atoms with van der Waals surface area (Å²) in [7, 11) is 0. The molecule has 104 valence electrons.